The Morgan fingerprint density at radius 2 is 1.89 bits per heavy atom. The molecule has 0 saturated carbocycles. The van der Waals surface area contributed by atoms with Crippen LogP contribution in [0.3, 0.4) is 0 Å². The summed E-state index contributed by atoms with van der Waals surface area (Å²) in [7, 11) is 5.90. The predicted molar refractivity (Wildman–Crippen MR) is 98.4 cm³/mol. The van der Waals surface area contributed by atoms with Crippen molar-refractivity contribution in [2.24, 2.45) is 14.1 Å². The lowest BCUT2D eigenvalue weighted by Crippen LogP contribution is -2.37. The number of aromatic nitrogens is 4. The number of ether oxygens (including phenoxy) is 2. The van der Waals surface area contributed by atoms with Crippen molar-refractivity contribution in [2.45, 2.75) is 6.54 Å². The van der Waals surface area contributed by atoms with Gasteiger partial charge in [-0.05, 0) is 12.1 Å². The zero-order valence-corrected chi connectivity index (χ0v) is 15.3. The van der Waals surface area contributed by atoms with Crippen LogP contribution in [0, 0.1) is 0 Å². The minimum atomic E-state index is -0.516. The number of carbonyl (C=O) groups excluding carboxylic acids is 1. The van der Waals surface area contributed by atoms with Gasteiger partial charge in [0.05, 0.1) is 26.2 Å². The summed E-state index contributed by atoms with van der Waals surface area (Å²) in [5, 5.41) is 2.73. The van der Waals surface area contributed by atoms with Crippen molar-refractivity contribution >= 4 is 22.8 Å². The van der Waals surface area contributed by atoms with Gasteiger partial charge in [0.25, 0.3) is 5.56 Å². The van der Waals surface area contributed by atoms with Crippen LogP contribution in [0.15, 0.2) is 34.1 Å². The van der Waals surface area contributed by atoms with Crippen LogP contribution >= 0.6 is 0 Å². The van der Waals surface area contributed by atoms with Gasteiger partial charge in [0.15, 0.2) is 11.2 Å². The lowest BCUT2D eigenvalue weighted by atomic mass is 10.2. The molecular weight excluding hydrogens is 354 g/mol. The first-order valence-electron chi connectivity index (χ1n) is 8.00. The smallest absolute Gasteiger partial charge is 0.332 e. The Labute approximate surface area is 153 Å². The van der Waals surface area contributed by atoms with Gasteiger partial charge in [-0.25, -0.2) is 9.78 Å². The first-order valence-corrected chi connectivity index (χ1v) is 8.00. The van der Waals surface area contributed by atoms with Crippen molar-refractivity contribution < 1.29 is 14.3 Å². The van der Waals surface area contributed by atoms with Crippen LogP contribution in [0.25, 0.3) is 11.2 Å². The maximum Gasteiger partial charge on any atom is 0.332 e. The largest absolute Gasteiger partial charge is 0.497 e. The van der Waals surface area contributed by atoms with Crippen LogP contribution in [-0.4, -0.2) is 38.8 Å². The normalized spacial score (nSPS) is 10.8. The zero-order chi connectivity index (χ0) is 19.7. The molecule has 2 heterocycles. The van der Waals surface area contributed by atoms with E-state index in [9.17, 15) is 14.4 Å². The Hall–Kier alpha value is -3.56. The van der Waals surface area contributed by atoms with Crippen molar-refractivity contribution in [1.82, 2.24) is 18.7 Å². The molecule has 0 fully saturated rings. The van der Waals surface area contributed by atoms with Gasteiger partial charge in [0.2, 0.25) is 5.91 Å². The number of imidazole rings is 1. The van der Waals surface area contributed by atoms with E-state index in [1.165, 1.54) is 43.8 Å². The number of methoxy groups -OCH3 is 2. The molecule has 1 aromatic carbocycles. The number of fused-ring (bicyclic) bond motifs is 1. The Kier molecular flexibility index (Phi) is 4.72. The fourth-order valence-electron chi connectivity index (χ4n) is 2.77. The summed E-state index contributed by atoms with van der Waals surface area (Å²) < 4.78 is 14.0. The highest BCUT2D eigenvalue weighted by atomic mass is 16.5. The van der Waals surface area contributed by atoms with Gasteiger partial charge in [-0.3, -0.25) is 18.7 Å². The summed E-state index contributed by atoms with van der Waals surface area (Å²) in [6.07, 6.45) is 1.36. The molecule has 2 aromatic heterocycles. The number of amides is 1. The van der Waals surface area contributed by atoms with E-state index in [-0.39, 0.29) is 17.7 Å². The third kappa shape index (κ3) is 3.16. The van der Waals surface area contributed by atoms with Gasteiger partial charge >= 0.3 is 5.69 Å². The summed E-state index contributed by atoms with van der Waals surface area (Å²) in [5.74, 6) is 0.637. The van der Waals surface area contributed by atoms with Gasteiger partial charge in [0, 0.05) is 20.2 Å². The molecule has 0 unspecified atom stereocenters. The third-order valence-corrected chi connectivity index (χ3v) is 4.21. The summed E-state index contributed by atoms with van der Waals surface area (Å²) in [4.78, 5) is 41.0. The van der Waals surface area contributed by atoms with E-state index in [0.29, 0.717) is 17.2 Å². The summed E-state index contributed by atoms with van der Waals surface area (Å²) in [6, 6.07) is 5.01. The first kappa shape index (κ1) is 18.2. The summed E-state index contributed by atoms with van der Waals surface area (Å²) >= 11 is 0. The molecule has 3 rings (SSSR count). The summed E-state index contributed by atoms with van der Waals surface area (Å²) in [6.45, 7) is -0.162. The molecule has 3 aromatic rings. The molecule has 0 saturated heterocycles. The molecule has 1 amide bonds. The molecule has 10 nitrogen and oxygen atoms in total. The van der Waals surface area contributed by atoms with Crippen LogP contribution < -0.4 is 26.0 Å². The van der Waals surface area contributed by atoms with E-state index in [2.05, 4.69) is 10.3 Å². The average Bonchev–Trinajstić information content (AvgIpc) is 3.08. The van der Waals surface area contributed by atoms with Crippen LogP contribution in [0.1, 0.15) is 0 Å². The maximum absolute atomic E-state index is 12.5. The quantitative estimate of drug-likeness (QED) is 0.679. The van der Waals surface area contributed by atoms with E-state index >= 15 is 0 Å². The van der Waals surface area contributed by atoms with Gasteiger partial charge < -0.3 is 19.4 Å². The number of aryl methyl sites for hydroxylation is 1. The molecule has 0 bridgehead atoms. The number of nitrogens with one attached hydrogen (secondary N) is 1. The van der Waals surface area contributed by atoms with Crippen LogP contribution in [0.4, 0.5) is 5.69 Å². The number of nitrogens with zero attached hydrogens (tertiary/aromatic N) is 4. The Bertz CT molecular complexity index is 1140. The third-order valence-electron chi connectivity index (χ3n) is 4.21. The van der Waals surface area contributed by atoms with Crippen molar-refractivity contribution in [3.8, 4) is 11.5 Å². The molecule has 0 aliphatic carbocycles. The fraction of sp³-hybridized carbons (Fsp3) is 0.294. The Morgan fingerprint density at radius 1 is 1.15 bits per heavy atom. The maximum atomic E-state index is 12.5. The van der Waals surface area contributed by atoms with E-state index < -0.39 is 17.2 Å². The minimum absolute atomic E-state index is 0.162. The van der Waals surface area contributed by atoms with Crippen molar-refractivity contribution in [2.75, 3.05) is 19.5 Å². The van der Waals surface area contributed by atoms with E-state index in [4.69, 9.17) is 9.47 Å². The molecular formula is C17H19N5O5. The Morgan fingerprint density at radius 3 is 2.56 bits per heavy atom. The SMILES string of the molecule is COc1ccc(OC)c(NC(=O)Cn2cnc3c2c(=O)n(C)c(=O)n3C)c1. The number of hydrogen-bond donors (Lipinski definition) is 1. The lowest BCUT2D eigenvalue weighted by molar-refractivity contribution is -0.116. The van der Waals surface area contributed by atoms with E-state index in [1.807, 2.05) is 0 Å². The Balaban J connectivity index is 1.94. The first-order chi connectivity index (χ1) is 12.9. The average molecular weight is 373 g/mol. The van der Waals surface area contributed by atoms with Crippen molar-refractivity contribution in [3.05, 3.63) is 45.4 Å². The molecule has 0 atom stereocenters. The molecule has 142 valence electrons. The number of anilines is 1. The molecule has 1 N–H and O–H groups in total. The van der Waals surface area contributed by atoms with Crippen molar-refractivity contribution in [3.63, 3.8) is 0 Å². The van der Waals surface area contributed by atoms with E-state index in [0.717, 1.165) is 4.57 Å². The van der Waals surface area contributed by atoms with Crippen LogP contribution in [-0.2, 0) is 25.4 Å². The van der Waals surface area contributed by atoms with Gasteiger partial charge in [-0.15, -0.1) is 0 Å². The topological polar surface area (TPSA) is 109 Å². The number of carbonyl (C=O) groups is 1. The molecule has 10 heteroatoms. The highest BCUT2D eigenvalue weighted by molar-refractivity contribution is 5.93. The highest BCUT2D eigenvalue weighted by Crippen LogP contribution is 2.28. The highest BCUT2D eigenvalue weighted by Gasteiger charge is 2.17. The van der Waals surface area contributed by atoms with Crippen molar-refractivity contribution in [1.29, 1.82) is 0 Å². The van der Waals surface area contributed by atoms with Crippen LogP contribution in [0.2, 0.25) is 0 Å². The number of hydrogen-bond acceptors (Lipinski definition) is 6. The number of rotatable bonds is 5. The monoisotopic (exact) mass is 373 g/mol. The number of benzene rings is 1. The minimum Gasteiger partial charge on any atom is -0.497 e. The standard InChI is InChI=1S/C17H19N5O5/c1-20-15-14(16(24)21(2)17(20)25)22(9-18-15)8-13(23)19-11-7-10(26-3)5-6-12(11)27-4/h5-7,9H,8H2,1-4H3,(H,19,23). The zero-order valence-electron chi connectivity index (χ0n) is 15.3. The summed E-state index contributed by atoms with van der Waals surface area (Å²) in [5.41, 5.74) is -0.172. The van der Waals surface area contributed by atoms with Gasteiger partial charge in [-0.2, -0.15) is 0 Å². The van der Waals surface area contributed by atoms with Gasteiger partial charge in [0.1, 0.15) is 18.0 Å². The second-order valence-electron chi connectivity index (χ2n) is 5.86. The molecule has 27 heavy (non-hydrogen) atoms. The van der Waals surface area contributed by atoms with Gasteiger partial charge in [-0.1, -0.05) is 0 Å². The molecule has 0 spiro atoms. The lowest BCUT2D eigenvalue weighted by Gasteiger charge is -2.12. The molecule has 0 aliphatic heterocycles. The fourth-order valence-corrected chi connectivity index (χ4v) is 2.77. The molecule has 0 aliphatic rings. The molecule has 0 radical (unpaired) electrons. The second-order valence-corrected chi connectivity index (χ2v) is 5.86. The van der Waals surface area contributed by atoms with E-state index in [1.54, 1.807) is 18.2 Å². The predicted octanol–water partition coefficient (Wildman–Crippen LogP) is 0.0896. The second kappa shape index (κ2) is 6.98. The van der Waals surface area contributed by atoms with Crippen LogP contribution in [0.5, 0.6) is 11.5 Å².